The minimum atomic E-state index is -4.88. The van der Waals surface area contributed by atoms with Crippen molar-refractivity contribution in [3.63, 3.8) is 0 Å². The first kappa shape index (κ1) is 28.4. The first-order chi connectivity index (χ1) is 19.1. The molecule has 0 unspecified atom stereocenters. The molecule has 15 heteroatoms. The fraction of sp³-hybridized carbons (Fsp3) is 0.320. The SMILES string of the molecule is CCc1cc(Nc2nccn3c(-c4cn(CC(F)F)nc4C(F)(F)F)cnc23)ccc1C(=O)NCCCNC=O. The average Bonchev–Trinajstić information content (AvgIpc) is 3.52. The van der Waals surface area contributed by atoms with Crippen molar-refractivity contribution in [2.75, 3.05) is 18.4 Å². The summed E-state index contributed by atoms with van der Waals surface area (Å²) >= 11 is 0. The van der Waals surface area contributed by atoms with Gasteiger partial charge in [0, 0.05) is 42.9 Å². The van der Waals surface area contributed by atoms with Gasteiger partial charge in [0.15, 0.2) is 17.2 Å². The first-order valence-electron chi connectivity index (χ1n) is 12.2. The third-order valence-electron chi connectivity index (χ3n) is 5.92. The van der Waals surface area contributed by atoms with Crippen molar-refractivity contribution < 1.29 is 31.5 Å². The van der Waals surface area contributed by atoms with Crippen molar-refractivity contribution in [3.05, 3.63) is 59.8 Å². The molecule has 40 heavy (non-hydrogen) atoms. The summed E-state index contributed by atoms with van der Waals surface area (Å²) in [6, 6.07) is 5.06. The standard InChI is InChI=1S/C25H25F5N8O2/c1-2-15-10-16(4-5-17(15)24(40)33-7-3-6-31-14-39)35-22-23-34-11-19(38(23)9-8-32-22)18-12-37(13-20(26)27)36-21(18)25(28,29)30/h4-5,8-12,14,20H,2-3,6-7,13H2,1H3,(H,31,39)(H,32,35)(H,33,40). The number of amides is 2. The lowest BCUT2D eigenvalue weighted by molar-refractivity contribution is -0.141. The molecule has 0 saturated carbocycles. The number of aryl methyl sites for hydroxylation is 1. The predicted octanol–water partition coefficient (Wildman–Crippen LogP) is 4.05. The molecule has 10 nitrogen and oxygen atoms in total. The number of imidazole rings is 1. The molecule has 0 radical (unpaired) electrons. The summed E-state index contributed by atoms with van der Waals surface area (Å²) in [6.07, 6.45) is -1.18. The predicted molar refractivity (Wildman–Crippen MR) is 135 cm³/mol. The number of aromatic nitrogens is 5. The van der Waals surface area contributed by atoms with E-state index in [4.69, 9.17) is 0 Å². The van der Waals surface area contributed by atoms with Crippen LogP contribution in [0.25, 0.3) is 16.9 Å². The molecule has 3 heterocycles. The van der Waals surface area contributed by atoms with E-state index in [1.54, 1.807) is 18.2 Å². The Morgan fingerprint density at radius 2 is 1.98 bits per heavy atom. The van der Waals surface area contributed by atoms with Crippen LogP contribution in [0.5, 0.6) is 0 Å². The van der Waals surface area contributed by atoms with E-state index in [1.165, 1.54) is 23.0 Å². The van der Waals surface area contributed by atoms with Crippen molar-refractivity contribution in [2.24, 2.45) is 0 Å². The monoisotopic (exact) mass is 564 g/mol. The Bertz CT molecular complexity index is 1500. The van der Waals surface area contributed by atoms with Gasteiger partial charge < -0.3 is 16.0 Å². The highest BCUT2D eigenvalue weighted by Crippen LogP contribution is 2.37. The second-order valence-electron chi connectivity index (χ2n) is 8.65. The minimum absolute atomic E-state index is 0.00194. The van der Waals surface area contributed by atoms with Gasteiger partial charge in [0.2, 0.25) is 6.41 Å². The normalized spacial score (nSPS) is 11.7. The van der Waals surface area contributed by atoms with Gasteiger partial charge in [-0.15, -0.1) is 0 Å². The molecule has 0 aliphatic rings. The van der Waals surface area contributed by atoms with Crippen molar-refractivity contribution in [3.8, 4) is 11.3 Å². The summed E-state index contributed by atoms with van der Waals surface area (Å²) in [7, 11) is 0. The van der Waals surface area contributed by atoms with Crippen LogP contribution >= 0.6 is 0 Å². The molecule has 3 aromatic heterocycles. The molecule has 1 aromatic carbocycles. The highest BCUT2D eigenvalue weighted by atomic mass is 19.4. The van der Waals surface area contributed by atoms with E-state index in [0.717, 1.165) is 11.8 Å². The van der Waals surface area contributed by atoms with Crippen LogP contribution in [-0.2, 0) is 23.9 Å². The number of nitrogens with zero attached hydrogens (tertiary/aromatic N) is 5. The van der Waals surface area contributed by atoms with Gasteiger partial charge in [0.1, 0.15) is 6.54 Å². The molecule has 2 amide bonds. The van der Waals surface area contributed by atoms with Crippen molar-refractivity contribution in [2.45, 2.75) is 38.9 Å². The van der Waals surface area contributed by atoms with Crippen LogP contribution < -0.4 is 16.0 Å². The zero-order valence-corrected chi connectivity index (χ0v) is 21.2. The fourth-order valence-electron chi connectivity index (χ4n) is 4.13. The molecule has 0 aliphatic heterocycles. The van der Waals surface area contributed by atoms with Crippen molar-refractivity contribution >= 4 is 29.5 Å². The maximum absolute atomic E-state index is 13.7. The van der Waals surface area contributed by atoms with Crippen LogP contribution in [0.15, 0.2) is 43.0 Å². The summed E-state index contributed by atoms with van der Waals surface area (Å²) in [6.45, 7) is 1.72. The van der Waals surface area contributed by atoms with Crippen LogP contribution in [-0.4, -0.2) is 56.0 Å². The van der Waals surface area contributed by atoms with Crippen LogP contribution in [0.1, 0.15) is 35.0 Å². The van der Waals surface area contributed by atoms with E-state index < -0.39 is 30.4 Å². The van der Waals surface area contributed by atoms with Gasteiger partial charge >= 0.3 is 6.18 Å². The number of nitrogens with one attached hydrogen (secondary N) is 3. The summed E-state index contributed by atoms with van der Waals surface area (Å²) < 4.78 is 68.6. The number of benzene rings is 1. The van der Waals surface area contributed by atoms with Gasteiger partial charge in [0.05, 0.1) is 17.5 Å². The minimum Gasteiger partial charge on any atom is -0.359 e. The molecule has 212 valence electrons. The lowest BCUT2D eigenvalue weighted by Gasteiger charge is -2.13. The summed E-state index contributed by atoms with van der Waals surface area (Å²) in [5.41, 5.74) is 0.270. The molecule has 4 rings (SSSR count). The third kappa shape index (κ3) is 6.35. The molecular weight excluding hydrogens is 539 g/mol. The van der Waals surface area contributed by atoms with Crippen LogP contribution in [0, 0.1) is 0 Å². The number of rotatable bonds is 12. The van der Waals surface area contributed by atoms with Gasteiger partial charge in [0.25, 0.3) is 12.3 Å². The maximum atomic E-state index is 13.7. The van der Waals surface area contributed by atoms with Gasteiger partial charge in [-0.25, -0.2) is 18.7 Å². The molecule has 4 aromatic rings. The molecule has 0 aliphatic carbocycles. The van der Waals surface area contributed by atoms with Gasteiger partial charge in [-0.2, -0.15) is 18.3 Å². The van der Waals surface area contributed by atoms with Crippen LogP contribution in [0.2, 0.25) is 0 Å². The van der Waals surface area contributed by atoms with Gasteiger partial charge in [-0.05, 0) is 36.6 Å². The summed E-state index contributed by atoms with van der Waals surface area (Å²) in [5, 5.41) is 11.7. The van der Waals surface area contributed by atoms with Gasteiger partial charge in [-0.1, -0.05) is 6.92 Å². The Kier molecular flexibility index (Phi) is 8.60. The van der Waals surface area contributed by atoms with E-state index in [0.29, 0.717) is 48.3 Å². The Labute approximate surface area is 224 Å². The average molecular weight is 565 g/mol. The van der Waals surface area contributed by atoms with Crippen molar-refractivity contribution in [1.29, 1.82) is 0 Å². The van der Waals surface area contributed by atoms with Crippen LogP contribution in [0.4, 0.5) is 33.5 Å². The van der Waals surface area contributed by atoms with Gasteiger partial charge in [-0.3, -0.25) is 18.7 Å². The zero-order chi connectivity index (χ0) is 28.9. The van der Waals surface area contributed by atoms with Crippen LogP contribution in [0.3, 0.4) is 0 Å². The first-order valence-corrected chi connectivity index (χ1v) is 12.2. The lowest BCUT2D eigenvalue weighted by atomic mass is 10.0. The highest BCUT2D eigenvalue weighted by molar-refractivity contribution is 5.96. The number of carbonyl (C=O) groups is 2. The number of halogens is 5. The van der Waals surface area contributed by atoms with E-state index >= 15 is 0 Å². The van der Waals surface area contributed by atoms with Crippen molar-refractivity contribution in [1.82, 2.24) is 34.8 Å². The topological polar surface area (TPSA) is 118 Å². The zero-order valence-electron chi connectivity index (χ0n) is 21.2. The third-order valence-corrected chi connectivity index (χ3v) is 5.92. The Balaban J connectivity index is 1.60. The Morgan fingerprint density at radius 3 is 2.67 bits per heavy atom. The Morgan fingerprint density at radius 1 is 1.18 bits per heavy atom. The van der Waals surface area contributed by atoms with E-state index in [-0.39, 0.29) is 23.1 Å². The number of carbonyl (C=O) groups excluding carboxylic acids is 2. The Hall–Kier alpha value is -4.56. The fourth-order valence-corrected chi connectivity index (χ4v) is 4.13. The molecule has 0 atom stereocenters. The molecule has 0 spiro atoms. The molecule has 0 saturated heterocycles. The smallest absolute Gasteiger partial charge is 0.359 e. The van der Waals surface area contributed by atoms with E-state index in [9.17, 15) is 31.5 Å². The van der Waals surface area contributed by atoms with E-state index in [2.05, 4.69) is 31.0 Å². The second kappa shape index (κ2) is 12.1. The quantitative estimate of drug-likeness (QED) is 0.136. The molecule has 3 N–H and O–H groups in total. The number of alkyl halides is 5. The summed E-state index contributed by atoms with van der Waals surface area (Å²) in [4.78, 5) is 31.4. The largest absolute Gasteiger partial charge is 0.435 e. The highest BCUT2D eigenvalue weighted by Gasteiger charge is 2.38. The van der Waals surface area contributed by atoms with E-state index in [1.807, 2.05) is 6.92 Å². The molecular formula is C25H25F5N8O2. The lowest BCUT2D eigenvalue weighted by Crippen LogP contribution is -2.27. The number of hydrogen-bond acceptors (Lipinski definition) is 6. The number of hydrogen-bond donors (Lipinski definition) is 3. The molecule has 0 fully saturated rings. The maximum Gasteiger partial charge on any atom is 0.435 e. The number of anilines is 2. The molecule has 0 bridgehead atoms. The number of fused-ring (bicyclic) bond motifs is 1. The summed E-state index contributed by atoms with van der Waals surface area (Å²) in [5.74, 6) is -0.0373. The second-order valence-corrected chi connectivity index (χ2v) is 8.65.